The van der Waals surface area contributed by atoms with E-state index < -0.39 is 0 Å². The van der Waals surface area contributed by atoms with Gasteiger partial charge in [-0.25, -0.2) is 0 Å². The highest BCUT2D eigenvalue weighted by atomic mass is 32.2. The Morgan fingerprint density at radius 3 is 1.53 bits per heavy atom. The maximum absolute atomic E-state index is 9.16. The molecule has 0 fully saturated rings. The van der Waals surface area contributed by atoms with Crippen LogP contribution in [0.5, 0.6) is 0 Å². The molecule has 2 rings (SSSR count). The van der Waals surface area contributed by atoms with Gasteiger partial charge in [-0.2, -0.15) is 5.26 Å². The Bertz CT molecular complexity index is 449. The second-order valence-corrected chi connectivity index (χ2v) is 5.98. The van der Waals surface area contributed by atoms with E-state index in [1.165, 1.54) is 0 Å². The molecule has 0 saturated carbocycles. The Labute approximate surface area is 110 Å². The minimum Gasteiger partial charge on any atom is -0.196 e. The summed E-state index contributed by atoms with van der Waals surface area (Å²) in [5, 5.41) is 9.16. The van der Waals surface area contributed by atoms with Crippen LogP contribution < -0.4 is 0 Å². The molecule has 0 aliphatic heterocycles. The molecule has 0 aromatic heterocycles. The van der Waals surface area contributed by atoms with Crippen LogP contribution in [0.4, 0.5) is 0 Å². The Hall–Kier alpha value is -1.37. The van der Waals surface area contributed by atoms with Gasteiger partial charge in [-0.05, 0) is 24.3 Å². The molecule has 1 nitrogen and oxygen atoms in total. The summed E-state index contributed by atoms with van der Waals surface area (Å²) < 4.78 is -0.111. The first-order chi connectivity index (χ1) is 8.38. The Morgan fingerprint density at radius 2 is 1.18 bits per heavy atom. The molecule has 0 radical (unpaired) electrons. The van der Waals surface area contributed by atoms with Crippen LogP contribution in [0.25, 0.3) is 0 Å². The van der Waals surface area contributed by atoms with E-state index in [9.17, 15) is 0 Å². The monoisotopic (exact) mass is 257 g/mol. The van der Waals surface area contributed by atoms with Crippen LogP contribution in [0.3, 0.4) is 0 Å². The van der Waals surface area contributed by atoms with Crippen molar-refractivity contribution in [2.24, 2.45) is 0 Å². The van der Waals surface area contributed by atoms with Crippen LogP contribution in [0.1, 0.15) is 0 Å². The van der Waals surface area contributed by atoms with Crippen molar-refractivity contribution in [3.63, 3.8) is 0 Å². The van der Waals surface area contributed by atoms with E-state index in [4.69, 9.17) is 5.26 Å². The molecule has 3 heteroatoms. The number of rotatable bonds is 4. The summed E-state index contributed by atoms with van der Waals surface area (Å²) in [7, 11) is 0. The fourth-order valence-electron chi connectivity index (χ4n) is 1.32. The van der Waals surface area contributed by atoms with Crippen LogP contribution in [0.2, 0.25) is 0 Å². The van der Waals surface area contributed by atoms with Crippen molar-refractivity contribution in [3.8, 4) is 6.07 Å². The number of nitrogens with zero attached hydrogens (tertiary/aromatic N) is 1. The van der Waals surface area contributed by atoms with E-state index in [1.54, 1.807) is 23.5 Å². The van der Waals surface area contributed by atoms with Crippen molar-refractivity contribution in [3.05, 3.63) is 60.7 Å². The average Bonchev–Trinajstić information content (AvgIpc) is 2.40. The van der Waals surface area contributed by atoms with E-state index in [0.29, 0.717) is 0 Å². The number of nitriles is 1. The molecule has 2 aromatic rings. The fraction of sp³-hybridized carbons (Fsp3) is 0.0714. The Balaban J connectivity index is 2.01. The molecule has 0 unspecified atom stereocenters. The molecule has 0 saturated heterocycles. The minimum absolute atomic E-state index is 0.111. The van der Waals surface area contributed by atoms with Gasteiger partial charge >= 0.3 is 0 Å². The highest BCUT2D eigenvalue weighted by Gasteiger charge is 2.10. The van der Waals surface area contributed by atoms with Crippen molar-refractivity contribution in [2.45, 2.75) is 14.4 Å². The summed E-state index contributed by atoms with van der Waals surface area (Å²) in [5.74, 6) is 0. The normalized spacial score (nSPS) is 10.1. The molecule has 0 heterocycles. The van der Waals surface area contributed by atoms with Crippen molar-refractivity contribution < 1.29 is 0 Å². The zero-order valence-electron chi connectivity index (χ0n) is 9.11. The van der Waals surface area contributed by atoms with Crippen molar-refractivity contribution in [2.75, 3.05) is 0 Å². The molecule has 0 N–H and O–H groups in total. The maximum atomic E-state index is 9.16. The largest absolute Gasteiger partial charge is 0.196 e. The standard InChI is InChI=1S/C14H11NS2/c15-11-14(16-12-7-3-1-4-8-12)17-13-9-5-2-6-10-13/h1-10,14H. The molecule has 0 spiro atoms. The lowest BCUT2D eigenvalue weighted by atomic mass is 10.4. The molecule has 84 valence electrons. The van der Waals surface area contributed by atoms with E-state index in [1.807, 2.05) is 60.7 Å². The first kappa shape index (κ1) is 12.1. The van der Waals surface area contributed by atoms with Gasteiger partial charge in [-0.1, -0.05) is 59.9 Å². The van der Waals surface area contributed by atoms with E-state index in [2.05, 4.69) is 6.07 Å². The average molecular weight is 257 g/mol. The predicted molar refractivity (Wildman–Crippen MR) is 74.0 cm³/mol. The smallest absolute Gasteiger partial charge is 0.146 e. The lowest BCUT2D eigenvalue weighted by Crippen LogP contribution is -1.91. The number of thioether (sulfide) groups is 2. The predicted octanol–water partition coefficient (Wildman–Crippen LogP) is 4.42. The first-order valence-corrected chi connectivity index (χ1v) is 6.97. The second-order valence-electron chi connectivity index (χ2n) is 3.32. The summed E-state index contributed by atoms with van der Waals surface area (Å²) in [6.45, 7) is 0. The minimum atomic E-state index is -0.111. The first-order valence-electron chi connectivity index (χ1n) is 5.21. The van der Waals surface area contributed by atoms with Gasteiger partial charge in [-0.15, -0.1) is 0 Å². The molecule has 0 aliphatic rings. The third-order valence-electron chi connectivity index (χ3n) is 2.08. The highest BCUT2D eigenvalue weighted by molar-refractivity contribution is 8.17. The van der Waals surface area contributed by atoms with Crippen LogP contribution in [-0.2, 0) is 0 Å². The van der Waals surface area contributed by atoms with Gasteiger partial charge in [0.15, 0.2) is 0 Å². The summed E-state index contributed by atoms with van der Waals surface area (Å²) in [4.78, 5) is 2.25. The quantitative estimate of drug-likeness (QED) is 0.598. The number of hydrogen-bond acceptors (Lipinski definition) is 3. The zero-order valence-corrected chi connectivity index (χ0v) is 10.7. The second kappa shape index (κ2) is 6.39. The molecular formula is C14H11NS2. The number of hydrogen-bond donors (Lipinski definition) is 0. The Morgan fingerprint density at radius 1 is 0.765 bits per heavy atom. The van der Waals surface area contributed by atoms with Crippen LogP contribution >= 0.6 is 23.5 Å². The molecular weight excluding hydrogens is 246 g/mol. The molecule has 0 amide bonds. The molecule has 2 aromatic carbocycles. The summed E-state index contributed by atoms with van der Waals surface area (Å²) in [5.41, 5.74) is 0. The molecule has 0 bridgehead atoms. The van der Waals surface area contributed by atoms with Gasteiger partial charge < -0.3 is 0 Å². The molecule has 17 heavy (non-hydrogen) atoms. The topological polar surface area (TPSA) is 23.8 Å². The summed E-state index contributed by atoms with van der Waals surface area (Å²) >= 11 is 3.17. The number of benzene rings is 2. The zero-order chi connectivity index (χ0) is 11.9. The van der Waals surface area contributed by atoms with Gasteiger partial charge in [-0.3, -0.25) is 0 Å². The van der Waals surface area contributed by atoms with Crippen LogP contribution in [-0.4, -0.2) is 4.58 Å². The van der Waals surface area contributed by atoms with E-state index in [-0.39, 0.29) is 4.58 Å². The highest BCUT2D eigenvalue weighted by Crippen LogP contribution is 2.34. The maximum Gasteiger partial charge on any atom is 0.146 e. The third kappa shape index (κ3) is 3.85. The lowest BCUT2D eigenvalue weighted by molar-refractivity contribution is 1.40. The molecule has 0 atom stereocenters. The SMILES string of the molecule is N#CC(Sc1ccccc1)Sc1ccccc1. The van der Waals surface area contributed by atoms with Crippen LogP contribution in [0.15, 0.2) is 70.5 Å². The van der Waals surface area contributed by atoms with Gasteiger partial charge in [0.05, 0.1) is 6.07 Å². The van der Waals surface area contributed by atoms with E-state index in [0.717, 1.165) is 9.79 Å². The third-order valence-corrected chi connectivity index (χ3v) is 4.38. The van der Waals surface area contributed by atoms with Crippen molar-refractivity contribution in [1.82, 2.24) is 0 Å². The van der Waals surface area contributed by atoms with Crippen molar-refractivity contribution >= 4 is 23.5 Å². The van der Waals surface area contributed by atoms with Gasteiger partial charge in [0, 0.05) is 9.79 Å². The molecule has 0 aliphatic carbocycles. The van der Waals surface area contributed by atoms with Crippen LogP contribution in [0, 0.1) is 11.3 Å². The summed E-state index contributed by atoms with van der Waals surface area (Å²) in [6, 6.07) is 22.4. The van der Waals surface area contributed by atoms with Gasteiger partial charge in [0.1, 0.15) is 4.58 Å². The van der Waals surface area contributed by atoms with E-state index >= 15 is 0 Å². The van der Waals surface area contributed by atoms with Crippen molar-refractivity contribution in [1.29, 1.82) is 5.26 Å². The van der Waals surface area contributed by atoms with Gasteiger partial charge in [0.25, 0.3) is 0 Å². The Kier molecular flexibility index (Phi) is 4.54. The fourth-order valence-corrected chi connectivity index (χ4v) is 3.41. The summed E-state index contributed by atoms with van der Waals surface area (Å²) in [6.07, 6.45) is 0. The lowest BCUT2D eigenvalue weighted by Gasteiger charge is -2.08. The van der Waals surface area contributed by atoms with Gasteiger partial charge in [0.2, 0.25) is 0 Å².